The Hall–Kier alpha value is 0.160. The van der Waals surface area contributed by atoms with E-state index in [1.807, 2.05) is 0 Å². The molecule has 1 fully saturated rings. The van der Waals surface area contributed by atoms with E-state index in [9.17, 15) is 8.42 Å². The number of nitrogens with zero attached hydrogens (tertiary/aromatic N) is 1. The summed E-state index contributed by atoms with van der Waals surface area (Å²) in [7, 11) is -2.97. The number of hydrogen-bond acceptors (Lipinski definition) is 3. The smallest absolute Gasteiger partial charge is 0.211 e. The highest BCUT2D eigenvalue weighted by atomic mass is 35.5. The van der Waals surface area contributed by atoms with E-state index >= 15 is 0 Å². The summed E-state index contributed by atoms with van der Waals surface area (Å²) >= 11 is 0. The van der Waals surface area contributed by atoms with Gasteiger partial charge < -0.3 is 5.73 Å². The molecule has 2 N–H and O–H groups in total. The van der Waals surface area contributed by atoms with Gasteiger partial charge in [0.1, 0.15) is 0 Å². The van der Waals surface area contributed by atoms with Gasteiger partial charge in [-0.2, -0.15) is 0 Å². The highest BCUT2D eigenvalue weighted by molar-refractivity contribution is 7.88. The standard InChI is InChI=1S/C6H14N2O2S.ClH/c1-11(9,10)8-4-2-6(7)3-5-8;/h6H,2-5,7H2,1H3;1H. The third kappa shape index (κ3) is 3.26. The Morgan fingerprint density at radius 2 is 1.75 bits per heavy atom. The normalized spacial score (nSPS) is 21.8. The molecule has 0 aromatic carbocycles. The van der Waals surface area contributed by atoms with Crippen LogP contribution in [0.25, 0.3) is 0 Å². The number of sulfonamides is 1. The van der Waals surface area contributed by atoms with E-state index in [2.05, 4.69) is 0 Å². The molecule has 6 heteroatoms. The van der Waals surface area contributed by atoms with Crippen LogP contribution in [-0.2, 0) is 10.0 Å². The van der Waals surface area contributed by atoms with Crippen LogP contribution in [0.5, 0.6) is 0 Å². The second-order valence-corrected chi connectivity index (χ2v) is 4.98. The predicted molar refractivity (Wildman–Crippen MR) is 50.9 cm³/mol. The lowest BCUT2D eigenvalue weighted by molar-refractivity contribution is 0.322. The van der Waals surface area contributed by atoms with Gasteiger partial charge in [-0.15, -0.1) is 12.4 Å². The van der Waals surface area contributed by atoms with Crippen LogP contribution in [0.1, 0.15) is 12.8 Å². The molecule has 12 heavy (non-hydrogen) atoms. The van der Waals surface area contributed by atoms with Crippen LogP contribution in [0.2, 0.25) is 0 Å². The van der Waals surface area contributed by atoms with E-state index in [4.69, 9.17) is 5.73 Å². The minimum absolute atomic E-state index is 0. The lowest BCUT2D eigenvalue weighted by atomic mass is 10.1. The van der Waals surface area contributed by atoms with E-state index in [0.717, 1.165) is 12.8 Å². The number of halogens is 1. The van der Waals surface area contributed by atoms with Crippen molar-refractivity contribution in [1.29, 1.82) is 0 Å². The molecule has 1 heterocycles. The van der Waals surface area contributed by atoms with Gasteiger partial charge in [-0.25, -0.2) is 12.7 Å². The Kier molecular flexibility index (Phi) is 4.47. The third-order valence-electron chi connectivity index (χ3n) is 1.97. The minimum atomic E-state index is -2.97. The quantitative estimate of drug-likeness (QED) is 0.657. The molecule has 0 bridgehead atoms. The maximum absolute atomic E-state index is 11.0. The van der Waals surface area contributed by atoms with Crippen molar-refractivity contribution in [2.45, 2.75) is 18.9 Å². The Morgan fingerprint density at radius 1 is 1.33 bits per heavy atom. The fourth-order valence-electron chi connectivity index (χ4n) is 1.21. The molecular formula is C6H15ClN2O2S. The Balaban J connectivity index is 0.00000121. The van der Waals surface area contributed by atoms with Gasteiger partial charge in [0, 0.05) is 19.1 Å². The van der Waals surface area contributed by atoms with Gasteiger partial charge in [-0.3, -0.25) is 0 Å². The second-order valence-electron chi connectivity index (χ2n) is 3.00. The molecule has 0 saturated carbocycles. The number of nitrogens with two attached hydrogens (primary N) is 1. The Labute approximate surface area is 79.6 Å². The van der Waals surface area contributed by atoms with Gasteiger partial charge in [0.15, 0.2) is 0 Å². The van der Waals surface area contributed by atoms with Crippen LogP contribution >= 0.6 is 12.4 Å². The van der Waals surface area contributed by atoms with Crippen LogP contribution < -0.4 is 5.73 Å². The molecule has 0 unspecified atom stereocenters. The summed E-state index contributed by atoms with van der Waals surface area (Å²) in [5.74, 6) is 0. The number of rotatable bonds is 1. The maximum atomic E-state index is 11.0. The molecule has 1 aliphatic heterocycles. The van der Waals surface area contributed by atoms with E-state index in [0.29, 0.717) is 13.1 Å². The zero-order chi connectivity index (χ0) is 8.48. The molecule has 0 amide bonds. The van der Waals surface area contributed by atoms with E-state index in [1.54, 1.807) is 0 Å². The van der Waals surface area contributed by atoms with Gasteiger partial charge in [0.25, 0.3) is 0 Å². The summed E-state index contributed by atoms with van der Waals surface area (Å²) in [5, 5.41) is 0. The topological polar surface area (TPSA) is 63.4 Å². The van der Waals surface area contributed by atoms with E-state index < -0.39 is 10.0 Å². The molecule has 0 aromatic rings. The van der Waals surface area contributed by atoms with Gasteiger partial charge >= 0.3 is 0 Å². The van der Waals surface area contributed by atoms with Gasteiger partial charge in [0.05, 0.1) is 6.26 Å². The molecule has 1 aliphatic rings. The molecule has 1 rings (SSSR count). The van der Waals surface area contributed by atoms with Crippen molar-refractivity contribution in [3.05, 3.63) is 0 Å². The first-order valence-electron chi connectivity index (χ1n) is 3.71. The largest absolute Gasteiger partial charge is 0.328 e. The van der Waals surface area contributed by atoms with Crippen molar-refractivity contribution < 1.29 is 8.42 Å². The summed E-state index contributed by atoms with van der Waals surface area (Å²) in [4.78, 5) is 0. The molecule has 0 aliphatic carbocycles. The molecule has 0 radical (unpaired) electrons. The molecule has 0 aromatic heterocycles. The van der Waals surface area contributed by atoms with Crippen molar-refractivity contribution in [3.8, 4) is 0 Å². The molecular weight excluding hydrogens is 200 g/mol. The Bertz CT molecular complexity index is 222. The van der Waals surface area contributed by atoms with Crippen molar-refractivity contribution in [2.24, 2.45) is 5.73 Å². The molecule has 1 saturated heterocycles. The van der Waals surface area contributed by atoms with Crippen LogP contribution in [0.4, 0.5) is 0 Å². The highest BCUT2D eigenvalue weighted by Gasteiger charge is 2.22. The first-order valence-corrected chi connectivity index (χ1v) is 5.55. The Morgan fingerprint density at radius 3 is 2.08 bits per heavy atom. The average Bonchev–Trinajstić information content (AvgIpc) is 1.86. The second kappa shape index (κ2) is 4.41. The summed E-state index contributed by atoms with van der Waals surface area (Å²) in [6, 6.07) is 0.188. The van der Waals surface area contributed by atoms with E-state index in [-0.39, 0.29) is 18.4 Å². The van der Waals surface area contributed by atoms with Crippen molar-refractivity contribution in [1.82, 2.24) is 4.31 Å². The lowest BCUT2D eigenvalue weighted by Crippen LogP contribution is -2.42. The zero-order valence-electron chi connectivity index (χ0n) is 7.06. The van der Waals surface area contributed by atoms with Crippen LogP contribution in [0.3, 0.4) is 0 Å². The average molecular weight is 215 g/mol. The number of hydrogen-bond donors (Lipinski definition) is 1. The first-order chi connectivity index (χ1) is 5.00. The molecule has 74 valence electrons. The monoisotopic (exact) mass is 214 g/mol. The predicted octanol–water partition coefficient (Wildman–Crippen LogP) is -0.209. The van der Waals surface area contributed by atoms with Crippen LogP contribution in [-0.4, -0.2) is 38.1 Å². The first kappa shape index (κ1) is 12.2. The SMILES string of the molecule is CS(=O)(=O)N1CCC(N)CC1.Cl. The third-order valence-corrected chi connectivity index (χ3v) is 3.27. The minimum Gasteiger partial charge on any atom is -0.328 e. The molecule has 0 atom stereocenters. The molecule has 0 spiro atoms. The van der Waals surface area contributed by atoms with E-state index in [1.165, 1.54) is 10.6 Å². The highest BCUT2D eigenvalue weighted by Crippen LogP contribution is 2.10. The fourth-order valence-corrected chi connectivity index (χ4v) is 2.08. The zero-order valence-corrected chi connectivity index (χ0v) is 8.70. The summed E-state index contributed by atoms with van der Waals surface area (Å²) < 4.78 is 23.4. The van der Waals surface area contributed by atoms with Crippen LogP contribution in [0.15, 0.2) is 0 Å². The maximum Gasteiger partial charge on any atom is 0.211 e. The summed E-state index contributed by atoms with van der Waals surface area (Å²) in [6.07, 6.45) is 2.81. The number of piperidine rings is 1. The summed E-state index contributed by atoms with van der Waals surface area (Å²) in [6.45, 7) is 1.17. The van der Waals surface area contributed by atoms with Gasteiger partial charge in [-0.05, 0) is 12.8 Å². The lowest BCUT2D eigenvalue weighted by Gasteiger charge is -2.27. The van der Waals surface area contributed by atoms with Gasteiger partial charge in [0.2, 0.25) is 10.0 Å². The fraction of sp³-hybridized carbons (Fsp3) is 1.00. The van der Waals surface area contributed by atoms with Gasteiger partial charge in [-0.1, -0.05) is 0 Å². The molecule has 4 nitrogen and oxygen atoms in total. The van der Waals surface area contributed by atoms with Crippen molar-refractivity contribution >= 4 is 22.4 Å². The summed E-state index contributed by atoms with van der Waals surface area (Å²) in [5.41, 5.74) is 5.62. The van der Waals surface area contributed by atoms with Crippen molar-refractivity contribution in [3.63, 3.8) is 0 Å². The van der Waals surface area contributed by atoms with Crippen molar-refractivity contribution in [2.75, 3.05) is 19.3 Å². The van der Waals surface area contributed by atoms with Crippen LogP contribution in [0, 0.1) is 0 Å².